The zero-order valence-electron chi connectivity index (χ0n) is 18.2. The fourth-order valence-electron chi connectivity index (χ4n) is 3.88. The van der Waals surface area contributed by atoms with E-state index in [1.54, 1.807) is 7.11 Å². The SMILES string of the molecule is CN=C(NCCCc1nc2ccccc2[nH]1)N1CCN(c2ccc(OC)cc2)CC1.I. The van der Waals surface area contributed by atoms with Crippen LogP contribution in [0.1, 0.15) is 12.2 Å². The number of H-pyrrole nitrogens is 1. The number of nitrogens with zero attached hydrogens (tertiary/aromatic N) is 4. The number of piperazine rings is 1. The van der Waals surface area contributed by atoms with Gasteiger partial charge in [0.15, 0.2) is 5.96 Å². The van der Waals surface area contributed by atoms with E-state index < -0.39 is 0 Å². The third-order valence-electron chi connectivity index (χ3n) is 5.54. The first-order chi connectivity index (χ1) is 14.8. The van der Waals surface area contributed by atoms with Crippen LogP contribution in [0.25, 0.3) is 11.0 Å². The van der Waals surface area contributed by atoms with Gasteiger partial charge in [0.25, 0.3) is 0 Å². The second-order valence-electron chi connectivity index (χ2n) is 7.45. The second kappa shape index (κ2) is 11.2. The maximum Gasteiger partial charge on any atom is 0.193 e. The van der Waals surface area contributed by atoms with Gasteiger partial charge in [-0.15, -0.1) is 24.0 Å². The lowest BCUT2D eigenvalue weighted by Crippen LogP contribution is -2.52. The fraction of sp³-hybridized carbons (Fsp3) is 0.391. The van der Waals surface area contributed by atoms with E-state index in [1.807, 2.05) is 37.4 Å². The Hall–Kier alpha value is -2.49. The van der Waals surface area contributed by atoms with Gasteiger partial charge in [0.05, 0.1) is 18.1 Å². The van der Waals surface area contributed by atoms with E-state index >= 15 is 0 Å². The van der Waals surface area contributed by atoms with E-state index in [-0.39, 0.29) is 24.0 Å². The number of rotatable bonds is 6. The highest BCUT2D eigenvalue weighted by Gasteiger charge is 2.19. The minimum Gasteiger partial charge on any atom is -0.497 e. The molecule has 4 rings (SSSR count). The standard InChI is InChI=1S/C23H30N6O.HI/c1-24-23(25-13-5-8-22-26-20-6-3-4-7-21(20)27-22)29-16-14-28(15-17-29)18-9-11-19(30-2)12-10-18;/h3-4,6-7,9-12H,5,8,13-17H2,1-2H3,(H,24,25)(H,26,27);1H. The van der Waals surface area contributed by atoms with Crippen molar-refractivity contribution >= 4 is 46.7 Å². The summed E-state index contributed by atoms with van der Waals surface area (Å²) in [6.07, 6.45) is 1.93. The number of aromatic amines is 1. The Kier molecular flexibility index (Phi) is 8.39. The predicted octanol–water partition coefficient (Wildman–Crippen LogP) is 3.52. The van der Waals surface area contributed by atoms with Gasteiger partial charge in [0, 0.05) is 51.9 Å². The first kappa shape index (κ1) is 23.2. The molecule has 1 fully saturated rings. The Morgan fingerprint density at radius 3 is 2.52 bits per heavy atom. The molecule has 1 aliphatic heterocycles. The van der Waals surface area contributed by atoms with E-state index in [0.29, 0.717) is 0 Å². The van der Waals surface area contributed by atoms with Crippen LogP contribution in [0.2, 0.25) is 0 Å². The number of benzene rings is 2. The van der Waals surface area contributed by atoms with Crippen molar-refractivity contribution in [2.75, 3.05) is 51.8 Å². The summed E-state index contributed by atoms with van der Waals surface area (Å²) < 4.78 is 5.25. The molecule has 1 aromatic heterocycles. The van der Waals surface area contributed by atoms with Crippen LogP contribution in [0, 0.1) is 0 Å². The first-order valence-corrected chi connectivity index (χ1v) is 10.5. The van der Waals surface area contributed by atoms with Crippen molar-refractivity contribution in [3.05, 3.63) is 54.4 Å². The summed E-state index contributed by atoms with van der Waals surface area (Å²) in [5, 5.41) is 3.51. The summed E-state index contributed by atoms with van der Waals surface area (Å²) in [4.78, 5) is 17.3. The third-order valence-corrected chi connectivity index (χ3v) is 5.54. The van der Waals surface area contributed by atoms with Crippen molar-refractivity contribution < 1.29 is 4.74 Å². The van der Waals surface area contributed by atoms with E-state index in [9.17, 15) is 0 Å². The normalized spacial score (nSPS) is 14.5. The molecule has 0 amide bonds. The first-order valence-electron chi connectivity index (χ1n) is 10.5. The Morgan fingerprint density at radius 2 is 1.84 bits per heavy atom. The van der Waals surface area contributed by atoms with E-state index in [2.05, 4.69) is 48.3 Å². The number of para-hydroxylation sites is 2. The predicted molar refractivity (Wildman–Crippen MR) is 138 cm³/mol. The maximum atomic E-state index is 5.25. The second-order valence-corrected chi connectivity index (χ2v) is 7.45. The van der Waals surface area contributed by atoms with Gasteiger partial charge in [-0.25, -0.2) is 4.98 Å². The minimum absolute atomic E-state index is 0. The highest BCUT2D eigenvalue weighted by molar-refractivity contribution is 14.0. The quantitative estimate of drug-likeness (QED) is 0.219. The molecular weight excluding hydrogens is 503 g/mol. The van der Waals surface area contributed by atoms with Gasteiger partial charge in [-0.1, -0.05) is 12.1 Å². The molecule has 0 radical (unpaired) electrons. The lowest BCUT2D eigenvalue weighted by molar-refractivity contribution is 0.372. The molecule has 2 heterocycles. The molecule has 7 nitrogen and oxygen atoms in total. The lowest BCUT2D eigenvalue weighted by atomic mass is 10.2. The largest absolute Gasteiger partial charge is 0.497 e. The van der Waals surface area contributed by atoms with Crippen molar-refractivity contribution in [3.8, 4) is 5.75 Å². The van der Waals surface area contributed by atoms with Crippen molar-refractivity contribution in [2.24, 2.45) is 4.99 Å². The van der Waals surface area contributed by atoms with Gasteiger partial charge in [-0.3, -0.25) is 4.99 Å². The van der Waals surface area contributed by atoms with Gasteiger partial charge < -0.3 is 24.8 Å². The van der Waals surface area contributed by atoms with E-state index in [1.165, 1.54) is 5.69 Å². The van der Waals surface area contributed by atoms with Gasteiger partial charge in [-0.05, 0) is 42.8 Å². The molecule has 166 valence electrons. The van der Waals surface area contributed by atoms with Crippen LogP contribution < -0.4 is 15.0 Å². The van der Waals surface area contributed by atoms with Gasteiger partial charge in [0.2, 0.25) is 0 Å². The van der Waals surface area contributed by atoms with Crippen molar-refractivity contribution in [1.82, 2.24) is 20.2 Å². The number of fused-ring (bicyclic) bond motifs is 1. The summed E-state index contributed by atoms with van der Waals surface area (Å²) in [6, 6.07) is 16.4. The molecule has 3 aromatic rings. The number of aryl methyl sites for hydroxylation is 1. The Labute approximate surface area is 200 Å². The molecule has 0 saturated carbocycles. The molecule has 0 atom stereocenters. The topological polar surface area (TPSA) is 68.8 Å². The molecule has 2 N–H and O–H groups in total. The number of imidazole rings is 1. The molecule has 31 heavy (non-hydrogen) atoms. The fourth-order valence-corrected chi connectivity index (χ4v) is 3.88. The van der Waals surface area contributed by atoms with Crippen molar-refractivity contribution in [1.29, 1.82) is 0 Å². The summed E-state index contributed by atoms with van der Waals surface area (Å²) in [7, 11) is 3.56. The number of aliphatic imine (C=N–C) groups is 1. The highest BCUT2D eigenvalue weighted by atomic mass is 127. The zero-order chi connectivity index (χ0) is 20.8. The van der Waals surface area contributed by atoms with Gasteiger partial charge in [0.1, 0.15) is 11.6 Å². The molecule has 1 saturated heterocycles. The molecule has 2 aromatic carbocycles. The monoisotopic (exact) mass is 534 g/mol. The smallest absolute Gasteiger partial charge is 0.193 e. The Bertz CT molecular complexity index is 946. The molecule has 0 bridgehead atoms. The van der Waals surface area contributed by atoms with Crippen LogP contribution in [0.15, 0.2) is 53.5 Å². The van der Waals surface area contributed by atoms with Crippen molar-refractivity contribution in [3.63, 3.8) is 0 Å². The van der Waals surface area contributed by atoms with E-state index in [0.717, 1.165) is 74.1 Å². The summed E-state index contributed by atoms with van der Waals surface area (Å²) >= 11 is 0. The number of hydrogen-bond acceptors (Lipinski definition) is 4. The minimum atomic E-state index is 0. The highest BCUT2D eigenvalue weighted by Crippen LogP contribution is 2.20. The molecule has 0 unspecified atom stereocenters. The lowest BCUT2D eigenvalue weighted by Gasteiger charge is -2.37. The average molecular weight is 534 g/mol. The number of halogens is 1. The van der Waals surface area contributed by atoms with Crippen LogP contribution in [-0.4, -0.2) is 67.7 Å². The number of nitrogens with one attached hydrogen (secondary N) is 2. The number of anilines is 1. The molecule has 0 spiro atoms. The maximum absolute atomic E-state index is 5.25. The summed E-state index contributed by atoms with van der Waals surface area (Å²) in [5.41, 5.74) is 3.38. The third kappa shape index (κ3) is 5.81. The van der Waals surface area contributed by atoms with Crippen LogP contribution in [0.5, 0.6) is 5.75 Å². The summed E-state index contributed by atoms with van der Waals surface area (Å²) in [6.45, 7) is 4.74. The Morgan fingerprint density at radius 1 is 1.10 bits per heavy atom. The average Bonchev–Trinajstić information content (AvgIpc) is 3.22. The van der Waals surface area contributed by atoms with Gasteiger partial charge in [-0.2, -0.15) is 0 Å². The van der Waals surface area contributed by atoms with Crippen LogP contribution in [0.3, 0.4) is 0 Å². The number of aromatic nitrogens is 2. The van der Waals surface area contributed by atoms with Crippen LogP contribution in [-0.2, 0) is 6.42 Å². The van der Waals surface area contributed by atoms with Crippen LogP contribution >= 0.6 is 24.0 Å². The number of guanidine groups is 1. The number of hydrogen-bond donors (Lipinski definition) is 2. The van der Waals surface area contributed by atoms with Gasteiger partial charge >= 0.3 is 0 Å². The molecular formula is C23H31IN6O. The number of methoxy groups -OCH3 is 1. The van der Waals surface area contributed by atoms with Crippen molar-refractivity contribution in [2.45, 2.75) is 12.8 Å². The van der Waals surface area contributed by atoms with Crippen LogP contribution in [0.4, 0.5) is 5.69 Å². The molecule has 8 heteroatoms. The van der Waals surface area contributed by atoms with E-state index in [4.69, 9.17) is 4.74 Å². The molecule has 0 aliphatic carbocycles. The molecule has 1 aliphatic rings. The number of ether oxygens (including phenoxy) is 1. The Balaban J connectivity index is 0.00000272. The summed E-state index contributed by atoms with van der Waals surface area (Å²) in [5.74, 6) is 2.92. The zero-order valence-corrected chi connectivity index (χ0v) is 20.5.